The van der Waals surface area contributed by atoms with E-state index in [1.165, 1.54) is 12.1 Å². The molecular weight excluding hydrogens is 462 g/mol. The van der Waals surface area contributed by atoms with Gasteiger partial charge in [0.2, 0.25) is 0 Å². The fourth-order valence-corrected chi connectivity index (χ4v) is 5.35. The van der Waals surface area contributed by atoms with E-state index >= 15 is 0 Å². The van der Waals surface area contributed by atoms with Gasteiger partial charge in [0.1, 0.15) is 10.5 Å². The van der Waals surface area contributed by atoms with Crippen molar-refractivity contribution >= 4 is 32.4 Å². The summed E-state index contributed by atoms with van der Waals surface area (Å²) in [6.45, 7) is 4.09. The van der Waals surface area contributed by atoms with Crippen molar-refractivity contribution in [1.29, 1.82) is 0 Å². The lowest BCUT2D eigenvalue weighted by molar-refractivity contribution is 0.486. The number of hydrazone groups is 1. The summed E-state index contributed by atoms with van der Waals surface area (Å²) >= 11 is 0. The van der Waals surface area contributed by atoms with Crippen LogP contribution in [-0.4, -0.2) is 18.7 Å². The van der Waals surface area contributed by atoms with Crippen LogP contribution in [0.25, 0.3) is 10.9 Å². The van der Waals surface area contributed by atoms with E-state index in [4.69, 9.17) is 4.18 Å². The van der Waals surface area contributed by atoms with Gasteiger partial charge in [0, 0.05) is 11.9 Å². The first-order valence-corrected chi connectivity index (χ1v) is 12.8. The summed E-state index contributed by atoms with van der Waals surface area (Å²) in [7, 11) is -4.20. The molecule has 0 atom stereocenters. The number of nitrogens with one attached hydrogen (secondary N) is 1. The van der Waals surface area contributed by atoms with E-state index in [0.717, 1.165) is 29.7 Å². The minimum absolute atomic E-state index is 0.00156. The highest BCUT2D eigenvalue weighted by atomic mass is 32.2. The summed E-state index contributed by atoms with van der Waals surface area (Å²) < 4.78 is 34.0. The second-order valence-corrected chi connectivity index (χ2v) is 10.1. The molecule has 0 radical (unpaired) electrons. The lowest BCUT2D eigenvalue weighted by atomic mass is 9.98. The quantitative estimate of drug-likeness (QED) is 0.238. The van der Waals surface area contributed by atoms with Crippen molar-refractivity contribution in [2.24, 2.45) is 5.10 Å². The van der Waals surface area contributed by atoms with Gasteiger partial charge >= 0.3 is 10.1 Å². The van der Waals surface area contributed by atoms with Crippen molar-refractivity contribution in [3.63, 3.8) is 0 Å². The molecule has 0 bridgehead atoms. The minimum Gasteiger partial charge on any atom is -0.377 e. The highest BCUT2D eigenvalue weighted by Crippen LogP contribution is 2.34. The highest BCUT2D eigenvalue weighted by Gasteiger charge is 2.28. The normalized spacial score (nSPS) is 13.6. The average Bonchev–Trinajstić information content (AvgIpc) is 2.86. The summed E-state index contributed by atoms with van der Waals surface area (Å²) in [4.78, 5) is 13.7. The number of nitrogens with zero attached hydrogens (tertiary/aromatic N) is 2. The van der Waals surface area contributed by atoms with E-state index in [2.05, 4.69) is 10.5 Å². The van der Waals surface area contributed by atoms with Crippen molar-refractivity contribution in [3.8, 4) is 5.75 Å². The molecule has 2 heterocycles. The number of rotatable bonds is 6. The Hall–Kier alpha value is -3.91. The van der Waals surface area contributed by atoms with Gasteiger partial charge in [0.15, 0.2) is 5.75 Å². The molecule has 4 aromatic rings. The Morgan fingerprint density at radius 3 is 2.49 bits per heavy atom. The van der Waals surface area contributed by atoms with Gasteiger partial charge in [0.25, 0.3) is 5.56 Å². The number of para-hydroxylation sites is 2. The first kappa shape index (κ1) is 22.9. The lowest BCUT2D eigenvalue weighted by Crippen LogP contribution is -2.31. The molecule has 1 aliphatic heterocycles. The summed E-state index contributed by atoms with van der Waals surface area (Å²) in [6.07, 6.45) is 1.63. The predicted molar refractivity (Wildman–Crippen MR) is 138 cm³/mol. The Morgan fingerprint density at radius 1 is 1.00 bits per heavy atom. The Morgan fingerprint density at radius 2 is 1.74 bits per heavy atom. The molecule has 0 saturated heterocycles. The summed E-state index contributed by atoms with van der Waals surface area (Å²) in [5, 5.41) is 4.97. The van der Waals surface area contributed by atoms with E-state index in [9.17, 15) is 13.2 Å². The number of hydrogen-bond donors (Lipinski definition) is 1. The molecule has 1 aliphatic rings. The molecule has 1 aromatic heterocycles. The number of aryl methyl sites for hydroxylation is 3. The monoisotopic (exact) mass is 487 g/mol. The van der Waals surface area contributed by atoms with Gasteiger partial charge in [0.05, 0.1) is 16.9 Å². The van der Waals surface area contributed by atoms with E-state index in [0.29, 0.717) is 23.2 Å². The molecule has 0 spiro atoms. The number of hydrogen-bond acceptors (Lipinski definition) is 6. The lowest BCUT2D eigenvalue weighted by Gasteiger charge is -2.23. The van der Waals surface area contributed by atoms with Crippen molar-refractivity contribution < 1.29 is 12.6 Å². The number of aromatic nitrogens is 1. The first-order valence-electron chi connectivity index (χ1n) is 11.4. The average molecular weight is 488 g/mol. The molecule has 1 N–H and O–H groups in total. The fourth-order valence-electron chi connectivity index (χ4n) is 4.39. The van der Waals surface area contributed by atoms with E-state index in [1.54, 1.807) is 29.7 Å². The Bertz CT molecular complexity index is 1610. The zero-order valence-electron chi connectivity index (χ0n) is 19.5. The second kappa shape index (κ2) is 9.03. The van der Waals surface area contributed by atoms with Gasteiger partial charge in [-0.25, -0.2) is 0 Å². The first-order chi connectivity index (χ1) is 16.8. The Kier molecular flexibility index (Phi) is 5.90. The van der Waals surface area contributed by atoms with Crippen molar-refractivity contribution in [3.05, 3.63) is 99.8 Å². The summed E-state index contributed by atoms with van der Waals surface area (Å²) in [5.41, 5.74) is 6.45. The zero-order chi connectivity index (χ0) is 24.6. The molecule has 0 aliphatic carbocycles. The molecule has 5 rings (SSSR count). The van der Waals surface area contributed by atoms with Crippen molar-refractivity contribution in [2.75, 3.05) is 5.43 Å². The topological polar surface area (TPSA) is 89.8 Å². The molecule has 0 fully saturated rings. The third-order valence-electron chi connectivity index (χ3n) is 6.14. The van der Waals surface area contributed by atoms with Crippen LogP contribution in [0.3, 0.4) is 0 Å². The van der Waals surface area contributed by atoms with Crippen LogP contribution in [0.2, 0.25) is 0 Å². The molecule has 0 amide bonds. The van der Waals surface area contributed by atoms with Crippen LogP contribution in [0.4, 0.5) is 5.69 Å². The maximum atomic E-state index is 13.7. The van der Waals surface area contributed by atoms with Crippen LogP contribution >= 0.6 is 0 Å². The maximum absolute atomic E-state index is 13.7. The van der Waals surface area contributed by atoms with Gasteiger partial charge in [-0.05, 0) is 62.6 Å². The van der Waals surface area contributed by atoms with E-state index in [-0.39, 0.29) is 21.8 Å². The van der Waals surface area contributed by atoms with Crippen LogP contribution in [0.15, 0.2) is 87.6 Å². The number of pyridine rings is 1. The molecule has 3 aromatic carbocycles. The van der Waals surface area contributed by atoms with Crippen molar-refractivity contribution in [1.82, 2.24) is 4.57 Å². The minimum atomic E-state index is -4.20. The Balaban J connectivity index is 1.71. The number of anilines is 1. The molecule has 35 heavy (non-hydrogen) atoms. The molecule has 178 valence electrons. The second-order valence-electron chi connectivity index (χ2n) is 8.60. The smallest absolute Gasteiger partial charge is 0.339 e. The molecule has 7 nitrogen and oxygen atoms in total. The van der Waals surface area contributed by atoms with Crippen LogP contribution in [0.5, 0.6) is 5.75 Å². The standard InChI is InChI=1S/C27H25N3O4S/c1-18-13-15-22(16-14-18)35(32,33)34-26-23-12-6-8-20-9-7-17-30(25(20)23)27(31)24(26)19(2)28-29-21-10-4-3-5-11-21/h3-6,8,10-16,29H,7,9,17H2,1-2H3/b28-19+. The zero-order valence-corrected chi connectivity index (χ0v) is 20.3. The highest BCUT2D eigenvalue weighted by molar-refractivity contribution is 7.87. The van der Waals surface area contributed by atoms with E-state index < -0.39 is 10.1 Å². The third kappa shape index (κ3) is 4.33. The molecule has 0 unspecified atom stereocenters. The summed E-state index contributed by atoms with van der Waals surface area (Å²) in [6, 6.07) is 21.4. The third-order valence-corrected chi connectivity index (χ3v) is 7.37. The van der Waals surface area contributed by atoms with Crippen LogP contribution in [0, 0.1) is 6.92 Å². The molecule has 0 saturated carbocycles. The molecule has 8 heteroatoms. The SMILES string of the molecule is C/C(=N\Nc1ccccc1)c1c(OS(=O)(=O)c2ccc(C)cc2)c2cccc3c2n(c1=O)CCC3. The van der Waals surface area contributed by atoms with Gasteiger partial charge in [-0.15, -0.1) is 0 Å². The van der Waals surface area contributed by atoms with Crippen LogP contribution in [0.1, 0.15) is 30.0 Å². The van der Waals surface area contributed by atoms with Gasteiger partial charge in [-0.2, -0.15) is 13.5 Å². The van der Waals surface area contributed by atoms with Gasteiger partial charge in [-0.3, -0.25) is 10.2 Å². The summed E-state index contributed by atoms with van der Waals surface area (Å²) in [5.74, 6) is 0.00156. The predicted octanol–water partition coefficient (Wildman–Crippen LogP) is 4.86. The fraction of sp³-hybridized carbons (Fsp3) is 0.185. The Labute approximate surface area is 203 Å². The van der Waals surface area contributed by atoms with Crippen LogP contribution < -0.4 is 15.2 Å². The van der Waals surface area contributed by atoms with Gasteiger partial charge in [-0.1, -0.05) is 48.0 Å². The maximum Gasteiger partial charge on any atom is 0.339 e. The number of benzene rings is 3. The largest absolute Gasteiger partial charge is 0.377 e. The molecular formula is C27H25N3O4S. The van der Waals surface area contributed by atoms with Crippen LogP contribution in [-0.2, 0) is 23.1 Å². The van der Waals surface area contributed by atoms with Gasteiger partial charge < -0.3 is 8.75 Å². The van der Waals surface area contributed by atoms with Crippen molar-refractivity contribution in [2.45, 2.75) is 38.1 Å². The van der Waals surface area contributed by atoms with E-state index in [1.807, 2.05) is 49.4 Å².